The number of nitrogens with two attached hydrogens (primary N) is 1. The highest BCUT2D eigenvalue weighted by atomic mass is 16.4. The number of aromatic nitrogens is 2. The summed E-state index contributed by atoms with van der Waals surface area (Å²) in [5.74, 6) is 0.0558. The summed E-state index contributed by atoms with van der Waals surface area (Å²) in [6.07, 6.45) is 0.231. The molecule has 0 aliphatic carbocycles. The highest BCUT2D eigenvalue weighted by Gasteiger charge is 1.98. The number of hydrogen-bond donors (Lipinski definition) is 4. The molecule has 1 rings (SSSR count). The largest absolute Gasteiger partial charge is 0.409 e. The second-order valence-corrected chi connectivity index (χ2v) is 2.05. The Hall–Kier alpha value is -1.72. The van der Waals surface area contributed by atoms with Gasteiger partial charge in [-0.15, -0.1) is 0 Å². The third-order valence-corrected chi connectivity index (χ3v) is 1.15. The van der Waals surface area contributed by atoms with E-state index in [1.165, 1.54) is 6.07 Å². The van der Waals surface area contributed by atoms with Crippen LogP contribution in [0.15, 0.2) is 16.0 Å². The predicted molar refractivity (Wildman–Crippen MR) is 38.5 cm³/mol. The third-order valence-electron chi connectivity index (χ3n) is 1.15. The molecule has 0 aromatic carbocycles. The molecule has 0 aliphatic rings. The zero-order chi connectivity index (χ0) is 8.27. The van der Waals surface area contributed by atoms with E-state index in [1.54, 1.807) is 0 Å². The van der Waals surface area contributed by atoms with Crippen LogP contribution in [-0.2, 0) is 6.42 Å². The molecule has 0 atom stereocenters. The van der Waals surface area contributed by atoms with Gasteiger partial charge in [0.15, 0.2) is 0 Å². The van der Waals surface area contributed by atoms with Crippen molar-refractivity contribution in [2.45, 2.75) is 6.42 Å². The molecule has 60 valence electrons. The molecular weight excluding hydrogens is 148 g/mol. The van der Waals surface area contributed by atoms with Crippen LogP contribution >= 0.6 is 0 Å². The summed E-state index contributed by atoms with van der Waals surface area (Å²) in [6, 6.07) is 1.35. The van der Waals surface area contributed by atoms with E-state index < -0.39 is 0 Å². The Balaban J connectivity index is 2.72. The van der Waals surface area contributed by atoms with Crippen LogP contribution in [0.25, 0.3) is 0 Å². The Morgan fingerprint density at radius 1 is 1.73 bits per heavy atom. The summed E-state index contributed by atoms with van der Waals surface area (Å²) in [7, 11) is 0. The molecule has 0 bridgehead atoms. The lowest BCUT2D eigenvalue weighted by Gasteiger charge is -1.91. The second-order valence-electron chi connectivity index (χ2n) is 2.05. The molecule has 0 fully saturated rings. The lowest BCUT2D eigenvalue weighted by molar-refractivity contribution is 0.317. The van der Waals surface area contributed by atoms with Crippen LogP contribution in [0.5, 0.6) is 0 Å². The Morgan fingerprint density at radius 2 is 2.45 bits per heavy atom. The summed E-state index contributed by atoms with van der Waals surface area (Å²) in [6.45, 7) is 0. The van der Waals surface area contributed by atoms with Crippen molar-refractivity contribution in [2.24, 2.45) is 10.9 Å². The van der Waals surface area contributed by atoms with Crippen LogP contribution in [0, 0.1) is 0 Å². The topological polar surface area (TPSA) is 107 Å². The molecule has 0 amide bonds. The molecule has 0 saturated carbocycles. The molecule has 0 aliphatic heterocycles. The molecule has 0 spiro atoms. The van der Waals surface area contributed by atoms with Crippen molar-refractivity contribution in [3.63, 3.8) is 0 Å². The fourth-order valence-corrected chi connectivity index (χ4v) is 0.698. The van der Waals surface area contributed by atoms with Gasteiger partial charge in [0.1, 0.15) is 5.84 Å². The van der Waals surface area contributed by atoms with Crippen molar-refractivity contribution in [1.29, 1.82) is 0 Å². The first kappa shape index (κ1) is 7.39. The molecular formula is C5H8N4O2. The number of H-pyrrole nitrogens is 2. The van der Waals surface area contributed by atoms with Crippen molar-refractivity contribution in [3.05, 3.63) is 22.1 Å². The fraction of sp³-hybridized carbons (Fsp3) is 0.200. The van der Waals surface area contributed by atoms with Crippen molar-refractivity contribution < 1.29 is 5.21 Å². The van der Waals surface area contributed by atoms with Gasteiger partial charge in [-0.05, 0) is 0 Å². The Bertz CT molecular complexity index is 310. The standard InChI is InChI=1S/C5H8N4O2/c6-4(9-11)1-3-2-5(10)8-7-3/h2,11H,1H2,(H2,6,9)(H2,7,8,10). The Kier molecular flexibility index (Phi) is 1.95. The maximum atomic E-state index is 10.5. The smallest absolute Gasteiger partial charge is 0.264 e. The van der Waals surface area contributed by atoms with Crippen molar-refractivity contribution in [1.82, 2.24) is 10.2 Å². The fourth-order valence-electron chi connectivity index (χ4n) is 0.698. The number of aromatic amines is 2. The van der Waals surface area contributed by atoms with Gasteiger partial charge in [0.05, 0.1) is 6.42 Å². The van der Waals surface area contributed by atoms with E-state index in [2.05, 4.69) is 15.4 Å². The van der Waals surface area contributed by atoms with Crippen molar-refractivity contribution in [2.75, 3.05) is 0 Å². The average Bonchev–Trinajstić information content (AvgIpc) is 2.35. The maximum absolute atomic E-state index is 10.5. The molecule has 0 saturated heterocycles. The summed E-state index contributed by atoms with van der Waals surface area (Å²) in [5.41, 5.74) is 5.54. The van der Waals surface area contributed by atoms with Crippen LogP contribution in [-0.4, -0.2) is 21.2 Å². The lowest BCUT2D eigenvalue weighted by Crippen LogP contribution is -2.14. The minimum atomic E-state index is -0.231. The van der Waals surface area contributed by atoms with Gasteiger partial charge in [-0.25, -0.2) is 0 Å². The van der Waals surface area contributed by atoms with E-state index in [0.29, 0.717) is 5.69 Å². The van der Waals surface area contributed by atoms with Gasteiger partial charge >= 0.3 is 0 Å². The van der Waals surface area contributed by atoms with Gasteiger partial charge in [-0.1, -0.05) is 5.16 Å². The first-order chi connectivity index (χ1) is 5.22. The Morgan fingerprint density at radius 3 is 2.91 bits per heavy atom. The summed E-state index contributed by atoms with van der Waals surface area (Å²) < 4.78 is 0. The summed E-state index contributed by atoms with van der Waals surface area (Å²) in [4.78, 5) is 10.5. The quantitative estimate of drug-likeness (QED) is 0.191. The normalized spacial score (nSPS) is 11.8. The van der Waals surface area contributed by atoms with E-state index in [4.69, 9.17) is 10.9 Å². The zero-order valence-electron chi connectivity index (χ0n) is 5.66. The molecule has 11 heavy (non-hydrogen) atoms. The molecule has 0 unspecified atom stereocenters. The monoisotopic (exact) mass is 156 g/mol. The first-order valence-corrected chi connectivity index (χ1v) is 2.95. The number of amidine groups is 1. The zero-order valence-corrected chi connectivity index (χ0v) is 5.66. The number of oxime groups is 1. The van der Waals surface area contributed by atoms with E-state index in [1.807, 2.05) is 0 Å². The number of nitrogens with one attached hydrogen (secondary N) is 2. The lowest BCUT2D eigenvalue weighted by atomic mass is 10.3. The van der Waals surface area contributed by atoms with Gasteiger partial charge in [-0.3, -0.25) is 9.89 Å². The summed E-state index contributed by atoms with van der Waals surface area (Å²) in [5, 5.41) is 15.8. The maximum Gasteiger partial charge on any atom is 0.264 e. The molecule has 0 radical (unpaired) electrons. The molecule has 6 nitrogen and oxygen atoms in total. The van der Waals surface area contributed by atoms with E-state index in [9.17, 15) is 4.79 Å². The third kappa shape index (κ3) is 1.85. The van der Waals surface area contributed by atoms with Gasteiger partial charge < -0.3 is 16.0 Å². The van der Waals surface area contributed by atoms with Crippen molar-refractivity contribution >= 4 is 5.84 Å². The highest BCUT2D eigenvalue weighted by molar-refractivity contribution is 5.81. The van der Waals surface area contributed by atoms with Crippen LogP contribution in [0.3, 0.4) is 0 Å². The number of rotatable bonds is 2. The van der Waals surface area contributed by atoms with Crippen molar-refractivity contribution in [3.8, 4) is 0 Å². The average molecular weight is 156 g/mol. The minimum Gasteiger partial charge on any atom is -0.409 e. The molecule has 6 heteroatoms. The van der Waals surface area contributed by atoms with E-state index in [0.717, 1.165) is 0 Å². The van der Waals surface area contributed by atoms with E-state index in [-0.39, 0.29) is 17.8 Å². The minimum absolute atomic E-state index is 0.0558. The Labute approximate surface area is 61.7 Å². The van der Waals surface area contributed by atoms with Gasteiger partial charge in [0.25, 0.3) is 5.56 Å². The predicted octanol–water partition coefficient (Wildman–Crippen LogP) is -1.01. The SMILES string of the molecule is N/C(Cc1cc(=O)[nH][nH]1)=N/O. The van der Waals surface area contributed by atoms with Crippen LogP contribution in [0.1, 0.15) is 5.69 Å². The van der Waals surface area contributed by atoms with Crippen LogP contribution in [0.4, 0.5) is 0 Å². The van der Waals surface area contributed by atoms with Gasteiger partial charge in [0.2, 0.25) is 0 Å². The van der Waals surface area contributed by atoms with Gasteiger partial charge in [0, 0.05) is 11.8 Å². The van der Waals surface area contributed by atoms with Crippen LogP contribution in [0.2, 0.25) is 0 Å². The second kappa shape index (κ2) is 2.91. The molecule has 1 heterocycles. The first-order valence-electron chi connectivity index (χ1n) is 2.95. The number of nitrogens with zero attached hydrogens (tertiary/aromatic N) is 1. The summed E-state index contributed by atoms with van der Waals surface area (Å²) >= 11 is 0. The van der Waals surface area contributed by atoms with Gasteiger partial charge in [-0.2, -0.15) is 0 Å². The molecule has 1 aromatic heterocycles. The van der Waals surface area contributed by atoms with E-state index >= 15 is 0 Å². The highest BCUT2D eigenvalue weighted by Crippen LogP contribution is 1.88. The van der Waals surface area contributed by atoms with Crippen LogP contribution < -0.4 is 11.3 Å². The molecule has 1 aromatic rings. The molecule has 5 N–H and O–H groups in total. The number of hydrogen-bond acceptors (Lipinski definition) is 3.